The molecular formula is C20H26N4O. The van der Waals surface area contributed by atoms with Gasteiger partial charge in [0.05, 0.1) is 0 Å². The summed E-state index contributed by atoms with van der Waals surface area (Å²) in [5, 5.41) is 3.12. The minimum atomic E-state index is 0.0897. The molecule has 0 saturated heterocycles. The van der Waals surface area contributed by atoms with Crippen molar-refractivity contribution in [2.45, 2.75) is 38.1 Å². The number of nitrogens with one attached hydrogen (secondary N) is 1. The molecule has 1 aromatic heterocycles. The van der Waals surface area contributed by atoms with Crippen molar-refractivity contribution in [3.8, 4) is 11.4 Å². The summed E-state index contributed by atoms with van der Waals surface area (Å²) in [7, 11) is 1.97. The second kappa shape index (κ2) is 6.64. The Labute approximate surface area is 148 Å². The molecule has 1 aromatic carbocycles. The maximum atomic E-state index is 12.8. The van der Waals surface area contributed by atoms with E-state index in [1.165, 1.54) is 19.3 Å². The summed E-state index contributed by atoms with van der Waals surface area (Å²) in [5.41, 5.74) is 8.19. The van der Waals surface area contributed by atoms with Crippen LogP contribution in [0.1, 0.15) is 32.1 Å². The fraction of sp³-hybridized carbons (Fsp3) is 0.500. The van der Waals surface area contributed by atoms with Crippen LogP contribution in [0.4, 0.5) is 5.69 Å². The van der Waals surface area contributed by atoms with E-state index >= 15 is 0 Å². The number of benzene rings is 1. The van der Waals surface area contributed by atoms with Gasteiger partial charge in [-0.3, -0.25) is 4.79 Å². The molecule has 1 heterocycles. The summed E-state index contributed by atoms with van der Waals surface area (Å²) >= 11 is 0. The van der Waals surface area contributed by atoms with Crippen molar-refractivity contribution < 1.29 is 4.79 Å². The highest BCUT2D eigenvalue weighted by Gasteiger charge is 2.40. The molecule has 0 radical (unpaired) electrons. The zero-order valence-corrected chi connectivity index (χ0v) is 14.7. The number of imidazole rings is 1. The third-order valence-corrected chi connectivity index (χ3v) is 5.99. The predicted octanol–water partition coefficient (Wildman–Crippen LogP) is 3.18. The van der Waals surface area contributed by atoms with E-state index in [2.05, 4.69) is 10.3 Å². The largest absolute Gasteiger partial charge is 0.334 e. The summed E-state index contributed by atoms with van der Waals surface area (Å²) < 4.78 is 1.98. The van der Waals surface area contributed by atoms with Gasteiger partial charge < -0.3 is 15.6 Å². The summed E-state index contributed by atoms with van der Waals surface area (Å²) in [6, 6.07) is 8.22. The number of hydrogen-bond donors (Lipinski definition) is 2. The third kappa shape index (κ3) is 3.21. The number of aryl methyl sites for hydroxylation is 1. The topological polar surface area (TPSA) is 72.9 Å². The van der Waals surface area contributed by atoms with Gasteiger partial charge in [0.25, 0.3) is 0 Å². The molecule has 2 aromatic rings. The fourth-order valence-corrected chi connectivity index (χ4v) is 4.63. The molecular weight excluding hydrogens is 312 g/mol. The van der Waals surface area contributed by atoms with Crippen LogP contribution < -0.4 is 11.1 Å². The van der Waals surface area contributed by atoms with Gasteiger partial charge in [-0.15, -0.1) is 0 Å². The van der Waals surface area contributed by atoms with Crippen LogP contribution in [0.15, 0.2) is 36.7 Å². The first kappa shape index (κ1) is 16.3. The van der Waals surface area contributed by atoms with E-state index in [0.717, 1.165) is 29.9 Å². The fourth-order valence-electron chi connectivity index (χ4n) is 4.63. The zero-order chi connectivity index (χ0) is 17.4. The Balaban J connectivity index is 1.47. The van der Waals surface area contributed by atoms with Crippen molar-refractivity contribution in [1.82, 2.24) is 9.55 Å². The minimum absolute atomic E-state index is 0.0897. The maximum absolute atomic E-state index is 12.8. The minimum Gasteiger partial charge on any atom is -0.334 e. The van der Waals surface area contributed by atoms with Crippen LogP contribution in [0.2, 0.25) is 0 Å². The lowest BCUT2D eigenvalue weighted by atomic mass is 9.65. The number of carbonyl (C=O) groups excluding carboxylic acids is 1. The van der Waals surface area contributed by atoms with Crippen LogP contribution in [-0.4, -0.2) is 21.5 Å². The Morgan fingerprint density at radius 2 is 2.04 bits per heavy atom. The van der Waals surface area contributed by atoms with Crippen molar-refractivity contribution in [2.24, 2.45) is 30.5 Å². The second-order valence-corrected chi connectivity index (χ2v) is 7.63. The third-order valence-electron chi connectivity index (χ3n) is 5.99. The first-order valence-corrected chi connectivity index (χ1v) is 9.26. The SMILES string of the molecule is Cn1ccnc1-c1cccc(NC(=O)C2CC3CCCC(C2)C3N)c1. The molecule has 2 aliphatic carbocycles. The Morgan fingerprint density at radius 1 is 1.28 bits per heavy atom. The van der Waals surface area contributed by atoms with Gasteiger partial charge in [0.15, 0.2) is 0 Å². The van der Waals surface area contributed by atoms with E-state index in [4.69, 9.17) is 5.73 Å². The van der Waals surface area contributed by atoms with Crippen molar-refractivity contribution in [2.75, 3.05) is 5.32 Å². The monoisotopic (exact) mass is 338 g/mol. The Kier molecular flexibility index (Phi) is 4.34. The number of fused-ring (bicyclic) bond motifs is 2. The molecule has 132 valence electrons. The molecule has 2 saturated carbocycles. The van der Waals surface area contributed by atoms with Crippen LogP contribution in [0, 0.1) is 17.8 Å². The molecule has 25 heavy (non-hydrogen) atoms. The van der Waals surface area contributed by atoms with Crippen LogP contribution in [0.25, 0.3) is 11.4 Å². The molecule has 2 unspecified atom stereocenters. The summed E-state index contributed by atoms with van der Waals surface area (Å²) in [6.07, 6.45) is 9.19. The van der Waals surface area contributed by atoms with Gasteiger partial charge in [0, 0.05) is 42.7 Å². The van der Waals surface area contributed by atoms with Crippen molar-refractivity contribution >= 4 is 11.6 Å². The Morgan fingerprint density at radius 3 is 2.72 bits per heavy atom. The molecule has 1 amide bonds. The molecule has 0 spiro atoms. The highest BCUT2D eigenvalue weighted by Crippen LogP contribution is 2.42. The smallest absolute Gasteiger partial charge is 0.227 e. The number of rotatable bonds is 3. The molecule has 2 atom stereocenters. The normalized spacial score (nSPS) is 28.6. The quantitative estimate of drug-likeness (QED) is 0.903. The van der Waals surface area contributed by atoms with E-state index in [-0.39, 0.29) is 11.8 Å². The number of aromatic nitrogens is 2. The average Bonchev–Trinajstić information content (AvgIpc) is 3.01. The second-order valence-electron chi connectivity index (χ2n) is 7.63. The lowest BCUT2D eigenvalue weighted by Gasteiger charge is -2.43. The zero-order valence-electron chi connectivity index (χ0n) is 14.7. The first-order valence-electron chi connectivity index (χ1n) is 9.26. The molecule has 5 nitrogen and oxygen atoms in total. The van der Waals surface area contributed by atoms with E-state index < -0.39 is 0 Å². The van der Waals surface area contributed by atoms with Crippen molar-refractivity contribution in [3.63, 3.8) is 0 Å². The number of amides is 1. The lowest BCUT2D eigenvalue weighted by Crippen LogP contribution is -2.48. The summed E-state index contributed by atoms with van der Waals surface area (Å²) in [5.74, 6) is 2.16. The van der Waals surface area contributed by atoms with Crippen LogP contribution >= 0.6 is 0 Å². The van der Waals surface area contributed by atoms with Crippen molar-refractivity contribution in [1.29, 1.82) is 0 Å². The molecule has 2 fully saturated rings. The molecule has 2 bridgehead atoms. The van der Waals surface area contributed by atoms with E-state index in [9.17, 15) is 4.79 Å². The number of carbonyl (C=O) groups is 1. The Bertz CT molecular complexity index is 755. The highest BCUT2D eigenvalue weighted by atomic mass is 16.1. The number of nitrogens with zero attached hydrogens (tertiary/aromatic N) is 2. The molecule has 3 N–H and O–H groups in total. The molecule has 2 aliphatic rings. The first-order chi connectivity index (χ1) is 12.1. The lowest BCUT2D eigenvalue weighted by molar-refractivity contribution is -0.122. The molecule has 5 heteroatoms. The van der Waals surface area contributed by atoms with Gasteiger partial charge in [0.1, 0.15) is 5.82 Å². The van der Waals surface area contributed by atoms with Gasteiger partial charge in [0.2, 0.25) is 5.91 Å². The van der Waals surface area contributed by atoms with Gasteiger partial charge >= 0.3 is 0 Å². The summed E-state index contributed by atoms with van der Waals surface area (Å²) in [4.78, 5) is 17.2. The number of hydrogen-bond acceptors (Lipinski definition) is 3. The maximum Gasteiger partial charge on any atom is 0.227 e. The van der Waals surface area contributed by atoms with Crippen LogP contribution in [-0.2, 0) is 11.8 Å². The standard InChI is InChI=1S/C20H26N4O/c1-24-9-8-22-19(24)15-6-3-7-17(12-15)23-20(25)16-10-13-4-2-5-14(11-16)18(13)21/h3,6-9,12-14,16,18H,2,4-5,10-11,21H2,1H3,(H,23,25). The van der Waals surface area contributed by atoms with Crippen LogP contribution in [0.5, 0.6) is 0 Å². The van der Waals surface area contributed by atoms with E-state index in [0.29, 0.717) is 17.9 Å². The summed E-state index contributed by atoms with van der Waals surface area (Å²) in [6.45, 7) is 0. The number of anilines is 1. The Hall–Kier alpha value is -2.14. The highest BCUT2D eigenvalue weighted by molar-refractivity contribution is 5.93. The molecule has 4 rings (SSSR count). The van der Waals surface area contributed by atoms with Crippen molar-refractivity contribution in [3.05, 3.63) is 36.7 Å². The van der Waals surface area contributed by atoms with Gasteiger partial charge in [-0.05, 0) is 49.7 Å². The predicted molar refractivity (Wildman–Crippen MR) is 98.8 cm³/mol. The van der Waals surface area contributed by atoms with Gasteiger partial charge in [-0.2, -0.15) is 0 Å². The molecule has 0 aliphatic heterocycles. The van der Waals surface area contributed by atoms with E-state index in [1.54, 1.807) is 6.20 Å². The van der Waals surface area contributed by atoms with Crippen LogP contribution in [0.3, 0.4) is 0 Å². The average molecular weight is 338 g/mol. The van der Waals surface area contributed by atoms with Gasteiger partial charge in [-0.1, -0.05) is 18.6 Å². The number of nitrogens with two attached hydrogens (primary N) is 1. The van der Waals surface area contributed by atoms with Gasteiger partial charge in [-0.25, -0.2) is 4.98 Å². The van der Waals surface area contributed by atoms with E-state index in [1.807, 2.05) is 42.1 Å².